The first-order valence-electron chi connectivity index (χ1n) is 11.3. The van der Waals surface area contributed by atoms with Gasteiger partial charge in [-0.2, -0.15) is 0 Å². The van der Waals surface area contributed by atoms with Gasteiger partial charge in [0.15, 0.2) is 0 Å². The number of fused-ring (bicyclic) bond motifs is 3. The second-order valence-corrected chi connectivity index (χ2v) is 21.5. The Kier molecular flexibility index (Phi) is 7.67. The molecule has 0 aliphatic heterocycles. The van der Waals surface area contributed by atoms with Gasteiger partial charge < -0.3 is 0 Å². The van der Waals surface area contributed by atoms with Crippen molar-refractivity contribution in [3.8, 4) is 0 Å². The predicted octanol–water partition coefficient (Wildman–Crippen LogP) is 6.59. The van der Waals surface area contributed by atoms with Crippen LogP contribution in [0.2, 0.25) is 13.3 Å². The van der Waals surface area contributed by atoms with Crippen LogP contribution >= 0.6 is 0 Å². The van der Waals surface area contributed by atoms with E-state index in [9.17, 15) is 0 Å². The molecule has 0 aliphatic rings. The van der Waals surface area contributed by atoms with Gasteiger partial charge in [-0.15, -0.1) is 0 Å². The summed E-state index contributed by atoms with van der Waals surface area (Å²) in [5.41, 5.74) is 4.54. The topological polar surface area (TPSA) is 29.3 Å². The Bertz CT molecular complexity index is 878. The van der Waals surface area contributed by atoms with Crippen LogP contribution in [0.15, 0.2) is 36.5 Å². The summed E-state index contributed by atoms with van der Waals surface area (Å²) in [6, 6.07) is 11.4. The van der Waals surface area contributed by atoms with Crippen molar-refractivity contribution in [2.45, 2.75) is 72.6 Å². The summed E-state index contributed by atoms with van der Waals surface area (Å²) in [7, 11) is 1.97. The van der Waals surface area contributed by atoms with Crippen LogP contribution in [0.4, 0.5) is 5.69 Å². The van der Waals surface area contributed by atoms with Gasteiger partial charge in [0.25, 0.3) is 0 Å². The monoisotopic (exact) mass is 487 g/mol. The second kappa shape index (κ2) is 10.00. The molecule has 0 amide bonds. The van der Waals surface area contributed by atoms with E-state index >= 15 is 0 Å². The summed E-state index contributed by atoms with van der Waals surface area (Å²) in [5.74, 6) is 0. The van der Waals surface area contributed by atoms with Crippen molar-refractivity contribution in [1.82, 2.24) is 9.38 Å². The van der Waals surface area contributed by atoms with E-state index in [0.717, 1.165) is 16.9 Å². The van der Waals surface area contributed by atoms with Crippen LogP contribution < -0.4 is 8.90 Å². The summed E-state index contributed by atoms with van der Waals surface area (Å²) in [6.07, 6.45) is 10.5. The van der Waals surface area contributed by atoms with Gasteiger partial charge >= 0.3 is 175 Å². The van der Waals surface area contributed by atoms with Crippen LogP contribution in [0, 0.1) is 0 Å². The molecule has 3 aromatic rings. The molecule has 0 aliphatic carbocycles. The first-order valence-corrected chi connectivity index (χ1v) is 18.8. The number of imidazole rings is 1. The van der Waals surface area contributed by atoms with Crippen molar-refractivity contribution in [3.05, 3.63) is 36.5 Å². The Morgan fingerprint density at radius 3 is 2.11 bits per heavy atom. The average molecular weight is 486 g/mol. The molecule has 0 radical (unpaired) electrons. The van der Waals surface area contributed by atoms with E-state index in [0.29, 0.717) is 0 Å². The molecule has 28 heavy (non-hydrogen) atoms. The predicted molar refractivity (Wildman–Crippen MR) is 127 cm³/mol. The Balaban J connectivity index is 2.07. The van der Waals surface area contributed by atoms with E-state index in [1.807, 2.05) is 7.05 Å². The Morgan fingerprint density at radius 1 is 0.893 bits per heavy atom. The average Bonchev–Trinajstić information content (AvgIpc) is 3.10. The van der Waals surface area contributed by atoms with Crippen LogP contribution in [-0.2, 0) is 0 Å². The van der Waals surface area contributed by atoms with Gasteiger partial charge in [-0.3, -0.25) is 0 Å². The summed E-state index contributed by atoms with van der Waals surface area (Å²) in [4.78, 5) is 5.00. The Morgan fingerprint density at radius 2 is 1.54 bits per heavy atom. The molecule has 1 N–H and O–H groups in total. The third-order valence-corrected chi connectivity index (χ3v) is 21.9. The number of pyridine rings is 1. The summed E-state index contributed by atoms with van der Waals surface area (Å²) in [5, 5.41) is 3.23. The molecule has 4 heteroatoms. The quantitative estimate of drug-likeness (QED) is 0.310. The van der Waals surface area contributed by atoms with Crippen molar-refractivity contribution in [2.75, 3.05) is 12.4 Å². The third kappa shape index (κ3) is 4.50. The SMILES string of the molecule is CCC[CH2][Sn]([CH2]CCC)([CH2]CCC)[c]1ccn2c(c1)nc1cc(NC)ccc12. The molecule has 1 aromatic carbocycles. The fourth-order valence-electron chi connectivity index (χ4n) is 4.56. The zero-order valence-electron chi connectivity index (χ0n) is 18.2. The first kappa shape index (κ1) is 21.5. The summed E-state index contributed by atoms with van der Waals surface area (Å²) in [6.45, 7) is 7.04. The summed E-state index contributed by atoms with van der Waals surface area (Å²) >= 11 is -2.40. The normalized spacial score (nSPS) is 12.1. The number of anilines is 1. The van der Waals surface area contributed by atoms with Gasteiger partial charge in [-0.25, -0.2) is 0 Å². The molecule has 152 valence electrons. The molecule has 0 saturated heterocycles. The van der Waals surface area contributed by atoms with Gasteiger partial charge in [-0.05, 0) is 0 Å². The third-order valence-electron chi connectivity index (χ3n) is 6.33. The van der Waals surface area contributed by atoms with Crippen LogP contribution in [-0.4, -0.2) is 34.8 Å². The molecular weight excluding hydrogens is 449 g/mol. The van der Waals surface area contributed by atoms with Crippen LogP contribution in [0.5, 0.6) is 0 Å². The molecule has 0 atom stereocenters. The van der Waals surface area contributed by atoms with Crippen molar-refractivity contribution >= 4 is 44.3 Å². The van der Waals surface area contributed by atoms with Gasteiger partial charge in [-0.1, -0.05) is 0 Å². The zero-order chi connectivity index (χ0) is 20.0. The van der Waals surface area contributed by atoms with Crippen molar-refractivity contribution in [2.24, 2.45) is 0 Å². The molecule has 0 saturated carbocycles. The number of hydrogen-bond donors (Lipinski definition) is 1. The number of nitrogens with one attached hydrogen (secondary N) is 1. The van der Waals surface area contributed by atoms with Gasteiger partial charge in [0, 0.05) is 0 Å². The molecule has 3 nitrogen and oxygen atoms in total. The molecule has 2 aromatic heterocycles. The standard InChI is InChI=1S/C12H10N3.3C4H9.Sn/c1-13-9-5-6-11-10(8-9)14-12-4-2-3-7-15(11)12;3*1-3-4-2;/h3-8,13H,1H3;3*1,3-4H2,2H3;. The maximum atomic E-state index is 5.00. The van der Waals surface area contributed by atoms with E-state index in [4.69, 9.17) is 4.98 Å². The molecule has 0 unspecified atom stereocenters. The van der Waals surface area contributed by atoms with Crippen LogP contribution in [0.3, 0.4) is 0 Å². The van der Waals surface area contributed by atoms with Gasteiger partial charge in [0.05, 0.1) is 0 Å². The Hall–Kier alpha value is -1.23. The van der Waals surface area contributed by atoms with E-state index in [1.54, 1.807) is 3.58 Å². The molecule has 0 fully saturated rings. The van der Waals surface area contributed by atoms with Crippen LogP contribution in [0.25, 0.3) is 16.7 Å². The molecule has 0 bridgehead atoms. The zero-order valence-corrected chi connectivity index (χ0v) is 21.1. The number of hydrogen-bond acceptors (Lipinski definition) is 2. The molecular formula is C24H37N3Sn. The van der Waals surface area contributed by atoms with E-state index < -0.39 is 18.4 Å². The number of aromatic nitrogens is 2. The van der Waals surface area contributed by atoms with Gasteiger partial charge in [0.2, 0.25) is 0 Å². The van der Waals surface area contributed by atoms with Crippen molar-refractivity contribution in [1.29, 1.82) is 0 Å². The maximum absolute atomic E-state index is 5.00. The second-order valence-electron chi connectivity index (χ2n) is 8.30. The minimum absolute atomic E-state index is 1.08. The minimum atomic E-state index is -2.40. The number of rotatable bonds is 11. The molecule has 0 spiro atoms. The number of unbranched alkanes of at least 4 members (excludes halogenated alkanes) is 3. The van der Waals surface area contributed by atoms with Crippen molar-refractivity contribution in [3.63, 3.8) is 0 Å². The Labute approximate surface area is 174 Å². The number of nitrogens with zero attached hydrogens (tertiary/aromatic N) is 2. The fraction of sp³-hybridized carbons (Fsp3) is 0.542. The van der Waals surface area contributed by atoms with E-state index in [-0.39, 0.29) is 0 Å². The van der Waals surface area contributed by atoms with Crippen molar-refractivity contribution < 1.29 is 0 Å². The molecule has 3 rings (SSSR count). The van der Waals surface area contributed by atoms with Crippen LogP contribution in [0.1, 0.15) is 59.3 Å². The van der Waals surface area contributed by atoms with E-state index in [2.05, 4.69) is 67.0 Å². The molecule has 2 heterocycles. The number of benzene rings is 1. The van der Waals surface area contributed by atoms with E-state index in [1.165, 1.54) is 57.4 Å². The van der Waals surface area contributed by atoms with Gasteiger partial charge in [0.1, 0.15) is 0 Å². The summed E-state index contributed by atoms with van der Waals surface area (Å²) < 4.78 is 8.50. The fourth-order valence-corrected chi connectivity index (χ4v) is 20.5. The first-order chi connectivity index (χ1) is 13.7.